The maximum Gasteiger partial charge on any atom is 0.268 e. The van der Waals surface area contributed by atoms with Crippen LogP contribution in [0.1, 0.15) is 5.56 Å². The number of anilines is 1. The van der Waals surface area contributed by atoms with Crippen LogP contribution in [-0.4, -0.2) is 19.9 Å². The second-order valence-electron chi connectivity index (χ2n) is 3.96. The fraction of sp³-hybridized carbons (Fsp3) is 0.182. The molecule has 92 valence electrons. The predicted molar refractivity (Wildman–Crippen MR) is 69.0 cm³/mol. The standard InChI is InChI=1S/C11H11N5OS/c1-6-5-8(12)18-9(6)11-13-10(15-17-11)7-3-4-16(2)14-7/h3-5H,12H2,1-2H3. The van der Waals surface area contributed by atoms with Gasteiger partial charge in [0.05, 0.1) is 9.88 Å². The van der Waals surface area contributed by atoms with Crippen LogP contribution < -0.4 is 5.73 Å². The number of aromatic nitrogens is 4. The summed E-state index contributed by atoms with van der Waals surface area (Å²) in [6.07, 6.45) is 1.83. The Hall–Kier alpha value is -2.15. The number of nitrogens with zero attached hydrogens (tertiary/aromatic N) is 4. The Morgan fingerprint density at radius 2 is 2.28 bits per heavy atom. The van der Waals surface area contributed by atoms with Gasteiger partial charge in [-0.1, -0.05) is 5.16 Å². The number of nitrogens with two attached hydrogens (primary N) is 1. The van der Waals surface area contributed by atoms with Crippen LogP contribution in [0.5, 0.6) is 0 Å². The summed E-state index contributed by atoms with van der Waals surface area (Å²) in [4.78, 5) is 5.24. The quantitative estimate of drug-likeness (QED) is 0.763. The molecule has 0 saturated heterocycles. The van der Waals surface area contributed by atoms with Gasteiger partial charge in [-0.25, -0.2) is 0 Å². The minimum absolute atomic E-state index is 0.481. The molecule has 6 nitrogen and oxygen atoms in total. The van der Waals surface area contributed by atoms with E-state index in [-0.39, 0.29) is 0 Å². The summed E-state index contributed by atoms with van der Waals surface area (Å²) in [6.45, 7) is 1.97. The Morgan fingerprint density at radius 3 is 2.89 bits per heavy atom. The van der Waals surface area contributed by atoms with E-state index >= 15 is 0 Å². The molecule has 0 fully saturated rings. The molecule has 3 heterocycles. The molecule has 3 aromatic rings. The van der Waals surface area contributed by atoms with Crippen molar-refractivity contribution in [2.75, 3.05) is 5.73 Å². The molecule has 0 aromatic carbocycles. The molecule has 3 aromatic heterocycles. The van der Waals surface area contributed by atoms with Crippen LogP contribution in [0.15, 0.2) is 22.9 Å². The Morgan fingerprint density at radius 1 is 1.44 bits per heavy atom. The molecule has 0 atom stereocenters. The molecule has 0 saturated carbocycles. The van der Waals surface area contributed by atoms with Gasteiger partial charge >= 0.3 is 0 Å². The lowest BCUT2D eigenvalue weighted by atomic mass is 10.3. The summed E-state index contributed by atoms with van der Waals surface area (Å²) in [5.41, 5.74) is 7.48. The molecule has 0 radical (unpaired) electrons. The SMILES string of the molecule is Cc1cc(N)sc1-c1nc(-c2ccn(C)n2)no1. The Bertz CT molecular complexity index is 696. The minimum atomic E-state index is 0.481. The van der Waals surface area contributed by atoms with E-state index in [1.54, 1.807) is 4.68 Å². The molecule has 0 spiro atoms. The Labute approximate surface area is 107 Å². The first-order valence-corrected chi connectivity index (χ1v) is 6.15. The summed E-state index contributed by atoms with van der Waals surface area (Å²) in [7, 11) is 1.84. The number of nitrogen functional groups attached to an aromatic ring is 1. The van der Waals surface area contributed by atoms with Crippen molar-refractivity contribution in [1.29, 1.82) is 0 Å². The summed E-state index contributed by atoms with van der Waals surface area (Å²) < 4.78 is 6.95. The van der Waals surface area contributed by atoms with Crippen LogP contribution in [0.25, 0.3) is 22.3 Å². The minimum Gasteiger partial charge on any atom is -0.391 e. The van der Waals surface area contributed by atoms with Crippen molar-refractivity contribution in [2.24, 2.45) is 7.05 Å². The zero-order valence-corrected chi connectivity index (χ0v) is 10.7. The smallest absolute Gasteiger partial charge is 0.268 e. The first-order chi connectivity index (χ1) is 8.63. The van der Waals surface area contributed by atoms with Crippen LogP contribution in [0.3, 0.4) is 0 Å². The highest BCUT2D eigenvalue weighted by molar-refractivity contribution is 7.19. The molecule has 18 heavy (non-hydrogen) atoms. The lowest BCUT2D eigenvalue weighted by Crippen LogP contribution is -1.88. The highest BCUT2D eigenvalue weighted by atomic mass is 32.1. The van der Waals surface area contributed by atoms with E-state index in [1.807, 2.05) is 32.3 Å². The molecule has 0 unspecified atom stereocenters. The van der Waals surface area contributed by atoms with Gasteiger partial charge in [-0.15, -0.1) is 11.3 Å². The number of hydrogen-bond donors (Lipinski definition) is 1. The van der Waals surface area contributed by atoms with Gasteiger partial charge in [-0.3, -0.25) is 4.68 Å². The molecule has 0 bridgehead atoms. The van der Waals surface area contributed by atoms with E-state index in [9.17, 15) is 0 Å². The number of hydrogen-bond acceptors (Lipinski definition) is 6. The van der Waals surface area contributed by atoms with Gasteiger partial charge in [-0.05, 0) is 24.6 Å². The second kappa shape index (κ2) is 3.95. The van der Waals surface area contributed by atoms with Gasteiger partial charge in [0.2, 0.25) is 5.82 Å². The first kappa shape index (κ1) is 11.0. The number of aryl methyl sites for hydroxylation is 2. The molecule has 0 aliphatic rings. The van der Waals surface area contributed by atoms with E-state index in [2.05, 4.69) is 15.2 Å². The topological polar surface area (TPSA) is 82.8 Å². The largest absolute Gasteiger partial charge is 0.391 e. The van der Waals surface area contributed by atoms with Gasteiger partial charge < -0.3 is 10.3 Å². The lowest BCUT2D eigenvalue weighted by molar-refractivity contribution is 0.432. The second-order valence-corrected chi connectivity index (χ2v) is 5.04. The van der Waals surface area contributed by atoms with Crippen LogP contribution >= 0.6 is 11.3 Å². The molecule has 7 heteroatoms. The highest BCUT2D eigenvalue weighted by Gasteiger charge is 2.16. The van der Waals surface area contributed by atoms with Gasteiger partial charge in [0.15, 0.2) is 0 Å². The Kier molecular flexibility index (Phi) is 2.41. The van der Waals surface area contributed by atoms with Crippen molar-refractivity contribution in [1.82, 2.24) is 19.9 Å². The van der Waals surface area contributed by atoms with Gasteiger partial charge in [0.1, 0.15) is 5.69 Å². The van der Waals surface area contributed by atoms with E-state index < -0.39 is 0 Å². The maximum atomic E-state index is 5.75. The van der Waals surface area contributed by atoms with Gasteiger partial charge in [0, 0.05) is 13.2 Å². The number of rotatable bonds is 2. The summed E-state index contributed by atoms with van der Waals surface area (Å²) in [5.74, 6) is 0.965. The summed E-state index contributed by atoms with van der Waals surface area (Å²) in [6, 6.07) is 3.73. The molecular weight excluding hydrogens is 250 g/mol. The van der Waals surface area contributed by atoms with E-state index in [4.69, 9.17) is 10.3 Å². The first-order valence-electron chi connectivity index (χ1n) is 5.33. The highest BCUT2D eigenvalue weighted by Crippen LogP contribution is 2.33. The zero-order chi connectivity index (χ0) is 12.7. The van der Waals surface area contributed by atoms with Crippen molar-refractivity contribution in [3.8, 4) is 22.3 Å². The molecule has 0 aliphatic carbocycles. The Balaban J connectivity index is 2.01. The lowest BCUT2D eigenvalue weighted by Gasteiger charge is -1.88. The van der Waals surface area contributed by atoms with Gasteiger partial charge in [-0.2, -0.15) is 10.1 Å². The average Bonchev–Trinajstić information content (AvgIpc) is 2.98. The maximum absolute atomic E-state index is 5.75. The summed E-state index contributed by atoms with van der Waals surface area (Å²) in [5, 5.41) is 8.89. The van der Waals surface area contributed by atoms with Crippen molar-refractivity contribution in [3.63, 3.8) is 0 Å². The van der Waals surface area contributed by atoms with E-state index in [0.717, 1.165) is 15.4 Å². The van der Waals surface area contributed by atoms with Crippen LogP contribution in [0.4, 0.5) is 5.00 Å². The van der Waals surface area contributed by atoms with Gasteiger partial charge in [0.25, 0.3) is 5.89 Å². The van der Waals surface area contributed by atoms with Crippen LogP contribution in [0, 0.1) is 6.92 Å². The molecule has 0 aliphatic heterocycles. The monoisotopic (exact) mass is 261 g/mol. The van der Waals surface area contributed by atoms with Crippen molar-refractivity contribution >= 4 is 16.3 Å². The molecule has 0 amide bonds. The van der Waals surface area contributed by atoms with Crippen molar-refractivity contribution in [3.05, 3.63) is 23.9 Å². The normalized spacial score (nSPS) is 11.0. The molecule has 2 N–H and O–H groups in total. The zero-order valence-electron chi connectivity index (χ0n) is 9.91. The summed E-state index contributed by atoms with van der Waals surface area (Å²) >= 11 is 1.44. The third-order valence-corrected chi connectivity index (χ3v) is 3.55. The third kappa shape index (κ3) is 1.78. The average molecular weight is 261 g/mol. The third-order valence-electron chi connectivity index (χ3n) is 2.50. The van der Waals surface area contributed by atoms with E-state index in [1.165, 1.54) is 11.3 Å². The number of thiophene rings is 1. The predicted octanol–water partition coefficient (Wildman–Crippen LogP) is 2.09. The van der Waals surface area contributed by atoms with Crippen molar-refractivity contribution < 1.29 is 4.52 Å². The van der Waals surface area contributed by atoms with Crippen LogP contribution in [0.2, 0.25) is 0 Å². The molecular formula is C11H11N5OS. The van der Waals surface area contributed by atoms with Crippen molar-refractivity contribution in [2.45, 2.75) is 6.92 Å². The fourth-order valence-electron chi connectivity index (χ4n) is 1.67. The van der Waals surface area contributed by atoms with Crippen LogP contribution in [-0.2, 0) is 7.05 Å². The fourth-order valence-corrected chi connectivity index (χ4v) is 2.53. The van der Waals surface area contributed by atoms with E-state index in [0.29, 0.717) is 17.4 Å². The molecule has 3 rings (SSSR count).